The molecule has 1 rings (SSSR count). The van der Waals surface area contributed by atoms with Gasteiger partial charge in [0.15, 0.2) is 0 Å². The number of aromatic amines is 1. The van der Waals surface area contributed by atoms with Crippen LogP contribution in [0.2, 0.25) is 0 Å². The van der Waals surface area contributed by atoms with Crippen molar-refractivity contribution in [3.8, 4) is 5.88 Å². The minimum Gasteiger partial charge on any atom is -0.387 e. The molecular weight excluding hydrogens is 177 g/mol. The number of nitrogens with zero attached hydrogens (tertiary/aromatic N) is 1. The number of nitrogens with one attached hydrogen (secondary N) is 1. The Morgan fingerprint density at radius 1 is 1.58 bits per heavy atom. The second kappa shape index (κ2) is 2.58. The van der Waals surface area contributed by atoms with Crippen molar-refractivity contribution >= 4 is 0 Å². The summed E-state index contributed by atoms with van der Waals surface area (Å²) in [4.78, 5) is 12.4. The molecule has 0 aliphatic carbocycles. The number of aromatic nitrogens is 2. The first-order chi connectivity index (χ1) is 5.38. The summed E-state index contributed by atoms with van der Waals surface area (Å²) >= 11 is 0. The highest BCUT2D eigenvalue weighted by Crippen LogP contribution is 2.18. The van der Waals surface area contributed by atoms with Crippen LogP contribution in [0.5, 0.6) is 5.88 Å². The molecule has 12 heavy (non-hydrogen) atoms. The maximum Gasteiger partial charge on any atom is 0.574 e. The van der Waals surface area contributed by atoms with Gasteiger partial charge in [0.25, 0.3) is 0 Å². The Labute approximate surface area is 64.6 Å². The van der Waals surface area contributed by atoms with Gasteiger partial charge in [-0.2, -0.15) is 0 Å². The Morgan fingerprint density at radius 2 is 2.17 bits per heavy atom. The SMILES string of the molecule is Cn1[c]c(OC(F)(F)F)[nH]c1=O. The zero-order chi connectivity index (χ0) is 9.35. The zero-order valence-corrected chi connectivity index (χ0v) is 5.90. The van der Waals surface area contributed by atoms with Crippen molar-refractivity contribution < 1.29 is 17.9 Å². The van der Waals surface area contributed by atoms with Crippen molar-refractivity contribution in [2.75, 3.05) is 0 Å². The summed E-state index contributed by atoms with van der Waals surface area (Å²) in [5.74, 6) is -0.741. The molecule has 1 N–H and O–H groups in total. The van der Waals surface area contributed by atoms with Gasteiger partial charge < -0.3 is 4.74 Å². The molecule has 0 saturated carbocycles. The Morgan fingerprint density at radius 3 is 2.50 bits per heavy atom. The fourth-order valence-corrected chi connectivity index (χ4v) is 0.576. The zero-order valence-electron chi connectivity index (χ0n) is 5.90. The van der Waals surface area contributed by atoms with Crippen molar-refractivity contribution in [3.63, 3.8) is 0 Å². The molecular formula is C5H4F3N2O2. The van der Waals surface area contributed by atoms with E-state index in [0.29, 0.717) is 0 Å². The largest absolute Gasteiger partial charge is 0.574 e. The minimum atomic E-state index is -4.80. The molecule has 0 bridgehead atoms. The lowest BCUT2D eigenvalue weighted by atomic mass is 10.8. The molecule has 0 spiro atoms. The predicted octanol–water partition coefficient (Wildman–Crippen LogP) is 0.412. The van der Waals surface area contributed by atoms with Crippen LogP contribution in [0, 0.1) is 6.20 Å². The van der Waals surface area contributed by atoms with E-state index >= 15 is 0 Å². The first kappa shape index (κ1) is 8.69. The summed E-state index contributed by atoms with van der Waals surface area (Å²) in [6.07, 6.45) is -2.80. The van der Waals surface area contributed by atoms with Crippen LogP contribution in [0.1, 0.15) is 0 Å². The van der Waals surface area contributed by atoms with E-state index in [1.807, 2.05) is 11.2 Å². The van der Waals surface area contributed by atoms with Gasteiger partial charge in [0.1, 0.15) is 6.20 Å². The quantitative estimate of drug-likeness (QED) is 0.682. The number of hydrogen-bond donors (Lipinski definition) is 1. The van der Waals surface area contributed by atoms with Gasteiger partial charge >= 0.3 is 12.1 Å². The van der Waals surface area contributed by atoms with Gasteiger partial charge in [-0.1, -0.05) is 0 Å². The molecule has 1 aromatic rings. The molecule has 67 valence electrons. The maximum atomic E-state index is 11.5. The van der Waals surface area contributed by atoms with E-state index < -0.39 is 17.9 Å². The van der Waals surface area contributed by atoms with Gasteiger partial charge in [0.2, 0.25) is 5.88 Å². The third kappa shape index (κ3) is 2.04. The van der Waals surface area contributed by atoms with Crippen LogP contribution in [0.25, 0.3) is 0 Å². The highest BCUT2D eigenvalue weighted by molar-refractivity contribution is 5.01. The number of halogens is 3. The first-order valence-electron chi connectivity index (χ1n) is 2.82. The average Bonchev–Trinajstić information content (AvgIpc) is 2.07. The molecule has 0 aliphatic rings. The van der Waals surface area contributed by atoms with Crippen LogP contribution in [0.15, 0.2) is 4.79 Å². The van der Waals surface area contributed by atoms with E-state index in [1.54, 1.807) is 0 Å². The van der Waals surface area contributed by atoms with Gasteiger partial charge in [0.05, 0.1) is 0 Å². The van der Waals surface area contributed by atoms with Crippen LogP contribution in [-0.4, -0.2) is 15.9 Å². The molecule has 1 radical (unpaired) electrons. The summed E-state index contributed by atoms with van der Waals surface area (Å²) in [5, 5.41) is 0. The second-order valence-corrected chi connectivity index (χ2v) is 1.98. The summed E-state index contributed by atoms with van der Waals surface area (Å²) in [6, 6.07) is 0. The normalized spacial score (nSPS) is 11.7. The molecule has 0 fully saturated rings. The maximum absolute atomic E-state index is 11.5. The van der Waals surface area contributed by atoms with E-state index in [-0.39, 0.29) is 0 Å². The predicted molar refractivity (Wildman–Crippen MR) is 31.6 cm³/mol. The molecule has 1 heterocycles. The Balaban J connectivity index is 2.85. The summed E-state index contributed by atoms with van der Waals surface area (Å²) in [5.41, 5.74) is -0.714. The lowest BCUT2D eigenvalue weighted by molar-refractivity contribution is -0.276. The van der Waals surface area contributed by atoms with Crippen molar-refractivity contribution in [1.82, 2.24) is 9.55 Å². The van der Waals surface area contributed by atoms with Gasteiger partial charge in [-0.05, 0) is 0 Å². The molecule has 0 atom stereocenters. The van der Waals surface area contributed by atoms with Crippen molar-refractivity contribution in [2.24, 2.45) is 7.05 Å². The smallest absolute Gasteiger partial charge is 0.387 e. The van der Waals surface area contributed by atoms with Crippen LogP contribution < -0.4 is 10.4 Å². The first-order valence-corrected chi connectivity index (χ1v) is 2.82. The van der Waals surface area contributed by atoms with Crippen LogP contribution in [0.3, 0.4) is 0 Å². The van der Waals surface area contributed by atoms with E-state index in [1.165, 1.54) is 7.05 Å². The van der Waals surface area contributed by atoms with Crippen LogP contribution in [-0.2, 0) is 7.05 Å². The number of rotatable bonds is 1. The average molecular weight is 181 g/mol. The molecule has 0 aromatic carbocycles. The molecule has 4 nitrogen and oxygen atoms in total. The van der Waals surface area contributed by atoms with Crippen LogP contribution in [0.4, 0.5) is 13.2 Å². The van der Waals surface area contributed by atoms with E-state index in [9.17, 15) is 18.0 Å². The number of hydrogen-bond acceptors (Lipinski definition) is 2. The molecule has 0 unspecified atom stereocenters. The fraction of sp³-hybridized carbons (Fsp3) is 0.400. The highest BCUT2D eigenvalue weighted by atomic mass is 19.4. The number of alkyl halides is 3. The summed E-state index contributed by atoms with van der Waals surface area (Å²) < 4.78 is 38.7. The fourth-order valence-electron chi connectivity index (χ4n) is 0.576. The molecule has 1 aromatic heterocycles. The minimum absolute atomic E-state index is 0.714. The summed E-state index contributed by atoms with van der Waals surface area (Å²) in [7, 11) is 1.25. The molecule has 0 saturated heterocycles. The Hall–Kier alpha value is -1.40. The van der Waals surface area contributed by atoms with E-state index in [4.69, 9.17) is 0 Å². The third-order valence-electron chi connectivity index (χ3n) is 1.01. The number of ether oxygens (including phenoxy) is 1. The van der Waals surface area contributed by atoms with Gasteiger partial charge in [-0.3, -0.25) is 9.55 Å². The third-order valence-corrected chi connectivity index (χ3v) is 1.01. The lowest BCUT2D eigenvalue weighted by Gasteiger charge is -2.03. The number of H-pyrrole nitrogens is 1. The molecule has 7 heteroatoms. The van der Waals surface area contributed by atoms with Gasteiger partial charge in [-0.15, -0.1) is 13.2 Å². The van der Waals surface area contributed by atoms with Crippen molar-refractivity contribution in [1.29, 1.82) is 0 Å². The van der Waals surface area contributed by atoms with Gasteiger partial charge in [0, 0.05) is 7.05 Å². The number of aryl methyl sites for hydroxylation is 1. The molecule has 0 aliphatic heterocycles. The Kier molecular flexibility index (Phi) is 1.87. The lowest BCUT2D eigenvalue weighted by Crippen LogP contribution is -2.18. The van der Waals surface area contributed by atoms with E-state index in [0.717, 1.165) is 4.57 Å². The van der Waals surface area contributed by atoms with Crippen LogP contribution >= 0.6 is 0 Å². The standard InChI is InChI=1S/C5H4F3N2O2/c1-10-2-3(9-4(10)11)12-5(6,7)8/h1H3,(H,9,11). The monoisotopic (exact) mass is 181 g/mol. The summed E-state index contributed by atoms with van der Waals surface area (Å²) in [6.45, 7) is 0. The second-order valence-electron chi connectivity index (χ2n) is 1.98. The molecule has 0 amide bonds. The number of imidazole rings is 1. The van der Waals surface area contributed by atoms with Crippen molar-refractivity contribution in [2.45, 2.75) is 6.36 Å². The highest BCUT2D eigenvalue weighted by Gasteiger charge is 2.32. The topological polar surface area (TPSA) is 47.0 Å². The van der Waals surface area contributed by atoms with Gasteiger partial charge in [-0.25, -0.2) is 4.79 Å². The Bertz CT molecular complexity index is 324. The van der Waals surface area contributed by atoms with E-state index in [2.05, 4.69) is 4.74 Å². The van der Waals surface area contributed by atoms with Crippen molar-refractivity contribution in [3.05, 3.63) is 16.7 Å².